The molecule has 0 fully saturated rings. The fourth-order valence-electron chi connectivity index (χ4n) is 10.2. The van der Waals surface area contributed by atoms with Crippen molar-refractivity contribution in [2.24, 2.45) is 0 Å². The average molecular weight is 681 g/mol. The Bertz CT molecular complexity index is 3070. The van der Waals surface area contributed by atoms with Gasteiger partial charge in [-0.25, -0.2) is 4.39 Å². The molecule has 0 bridgehead atoms. The van der Waals surface area contributed by atoms with Crippen molar-refractivity contribution in [2.75, 3.05) is 0 Å². The van der Waals surface area contributed by atoms with Crippen molar-refractivity contribution in [3.63, 3.8) is 0 Å². The highest BCUT2D eigenvalue weighted by Gasteiger charge is 2.37. The third-order valence-electron chi connectivity index (χ3n) is 12.7. The number of halogens is 1. The van der Waals surface area contributed by atoms with Crippen molar-refractivity contribution in [2.45, 2.75) is 38.5 Å². The van der Waals surface area contributed by atoms with Crippen LogP contribution in [0, 0.1) is 5.82 Å². The molecule has 0 saturated carbocycles. The second-order valence-electron chi connectivity index (χ2n) is 16.1. The molecule has 0 amide bonds. The van der Waals surface area contributed by atoms with Crippen LogP contribution < -0.4 is 0 Å². The fourth-order valence-corrected chi connectivity index (χ4v) is 10.2. The molecule has 252 valence electrons. The lowest BCUT2D eigenvalue weighted by molar-refractivity contribution is 0.630. The molecular formula is C52H37F. The van der Waals surface area contributed by atoms with Crippen molar-refractivity contribution in [1.82, 2.24) is 0 Å². The Labute approximate surface area is 309 Å². The minimum absolute atomic E-state index is 0.150. The molecule has 11 rings (SSSR count). The zero-order valence-corrected chi connectivity index (χ0v) is 30.3. The summed E-state index contributed by atoms with van der Waals surface area (Å²) < 4.78 is 15.8. The maximum Gasteiger partial charge on any atom is 0.123 e. The van der Waals surface area contributed by atoms with Gasteiger partial charge in [0.05, 0.1) is 0 Å². The molecule has 0 unspecified atom stereocenters. The predicted octanol–water partition coefficient (Wildman–Crippen LogP) is 14.4. The maximum absolute atomic E-state index is 15.8. The van der Waals surface area contributed by atoms with Crippen LogP contribution in [-0.4, -0.2) is 0 Å². The van der Waals surface area contributed by atoms with Crippen LogP contribution in [0.2, 0.25) is 0 Å². The van der Waals surface area contributed by atoms with Crippen LogP contribution in [0.5, 0.6) is 0 Å². The van der Waals surface area contributed by atoms with Gasteiger partial charge in [0.15, 0.2) is 0 Å². The molecule has 53 heavy (non-hydrogen) atoms. The van der Waals surface area contributed by atoms with E-state index < -0.39 is 0 Å². The van der Waals surface area contributed by atoms with Gasteiger partial charge < -0.3 is 0 Å². The Morgan fingerprint density at radius 2 is 0.755 bits per heavy atom. The Morgan fingerprint density at radius 1 is 0.340 bits per heavy atom. The predicted molar refractivity (Wildman–Crippen MR) is 222 cm³/mol. The van der Waals surface area contributed by atoms with Gasteiger partial charge in [-0.2, -0.15) is 0 Å². The van der Waals surface area contributed by atoms with Gasteiger partial charge in [-0.15, -0.1) is 0 Å². The molecule has 9 aromatic rings. The van der Waals surface area contributed by atoms with Crippen LogP contribution in [0.15, 0.2) is 152 Å². The van der Waals surface area contributed by atoms with Crippen molar-refractivity contribution in [1.29, 1.82) is 0 Å². The van der Waals surface area contributed by atoms with E-state index in [2.05, 4.69) is 161 Å². The minimum atomic E-state index is -0.228. The largest absolute Gasteiger partial charge is 0.207 e. The highest BCUT2D eigenvalue weighted by Crippen LogP contribution is 2.55. The van der Waals surface area contributed by atoms with E-state index in [0.717, 1.165) is 33.0 Å². The molecule has 1 heteroatoms. The number of hydrogen-bond donors (Lipinski definition) is 0. The number of rotatable bonds is 2. The maximum atomic E-state index is 15.8. The SMILES string of the molecule is CC1(C)c2ccccc2-c2ccc(-c3c4ccc(F)cc4c(-c4ccc5c(c4)C(C)(C)c4ccccc4-5)c4c5ccccc5c5ccccc5c34)cc21. The van der Waals surface area contributed by atoms with Gasteiger partial charge in [0.25, 0.3) is 0 Å². The third-order valence-corrected chi connectivity index (χ3v) is 12.7. The Morgan fingerprint density at radius 3 is 1.26 bits per heavy atom. The van der Waals surface area contributed by atoms with E-state index in [0.29, 0.717) is 0 Å². The summed E-state index contributed by atoms with van der Waals surface area (Å²) in [6, 6.07) is 54.7. The van der Waals surface area contributed by atoms with E-state index in [1.165, 1.54) is 76.8 Å². The summed E-state index contributed by atoms with van der Waals surface area (Å²) >= 11 is 0. The Kier molecular flexibility index (Phi) is 6.07. The third kappa shape index (κ3) is 4.00. The van der Waals surface area contributed by atoms with E-state index in [9.17, 15) is 0 Å². The first kappa shape index (κ1) is 30.6. The van der Waals surface area contributed by atoms with Gasteiger partial charge in [0, 0.05) is 10.8 Å². The lowest BCUT2D eigenvalue weighted by atomic mass is 9.78. The normalized spacial score (nSPS) is 14.8. The van der Waals surface area contributed by atoms with Crippen LogP contribution in [-0.2, 0) is 10.8 Å². The van der Waals surface area contributed by atoms with Crippen LogP contribution in [0.25, 0.3) is 87.6 Å². The van der Waals surface area contributed by atoms with Crippen molar-refractivity contribution in [3.05, 3.63) is 180 Å². The second kappa shape index (κ2) is 10.5. The molecule has 2 aliphatic rings. The zero-order valence-electron chi connectivity index (χ0n) is 30.3. The van der Waals surface area contributed by atoms with Gasteiger partial charge in [-0.1, -0.05) is 155 Å². The molecule has 0 radical (unpaired) electrons. The summed E-state index contributed by atoms with van der Waals surface area (Å²) in [6.07, 6.45) is 0. The lowest BCUT2D eigenvalue weighted by Crippen LogP contribution is -2.15. The van der Waals surface area contributed by atoms with E-state index >= 15 is 4.39 Å². The highest BCUT2D eigenvalue weighted by atomic mass is 19.1. The number of benzene rings is 9. The van der Waals surface area contributed by atoms with Crippen LogP contribution >= 0.6 is 0 Å². The van der Waals surface area contributed by atoms with E-state index in [1.54, 1.807) is 12.1 Å². The molecule has 0 N–H and O–H groups in total. The van der Waals surface area contributed by atoms with Gasteiger partial charge in [-0.3, -0.25) is 0 Å². The standard InChI is InChI=1S/C52H37F/c1-51(2)43-19-11-9-15-35(43)37-24-21-30(27-45(37)51)47-41-26-23-32(53)29-42(41)48(31-22-25-38-36-16-10-12-20-44(36)52(3,4)46(38)28-31)50-40-18-8-6-14-34(40)33-13-5-7-17-39(33)49(47)50/h5-29H,1-4H3. The number of fused-ring (bicyclic) bond motifs is 13. The minimum Gasteiger partial charge on any atom is -0.207 e. The van der Waals surface area contributed by atoms with Crippen molar-refractivity contribution >= 4 is 43.1 Å². The Balaban J connectivity index is 1.32. The molecule has 0 nitrogen and oxygen atoms in total. The molecule has 0 atom stereocenters. The summed E-state index contributed by atoms with van der Waals surface area (Å²) in [5.74, 6) is -0.228. The average Bonchev–Trinajstić information content (AvgIpc) is 3.56. The smallest absolute Gasteiger partial charge is 0.123 e. The topological polar surface area (TPSA) is 0 Å². The summed E-state index contributed by atoms with van der Waals surface area (Å²) in [6.45, 7) is 9.34. The van der Waals surface area contributed by atoms with Crippen LogP contribution in [0.3, 0.4) is 0 Å². The molecule has 0 aliphatic heterocycles. The molecule has 2 aliphatic carbocycles. The van der Waals surface area contributed by atoms with E-state index in [-0.39, 0.29) is 16.6 Å². The van der Waals surface area contributed by atoms with Gasteiger partial charge in [0.1, 0.15) is 5.82 Å². The van der Waals surface area contributed by atoms with Gasteiger partial charge in [-0.05, 0) is 134 Å². The first-order valence-corrected chi connectivity index (χ1v) is 18.7. The fraction of sp³-hybridized carbons (Fsp3) is 0.115. The molecule has 0 saturated heterocycles. The van der Waals surface area contributed by atoms with E-state index in [1.807, 2.05) is 6.07 Å². The summed E-state index contributed by atoms with van der Waals surface area (Å²) in [5, 5.41) is 9.20. The molecule has 0 spiro atoms. The van der Waals surface area contributed by atoms with Gasteiger partial charge >= 0.3 is 0 Å². The summed E-state index contributed by atoms with van der Waals surface area (Å²) in [5.41, 5.74) is 14.7. The Hall–Kier alpha value is -6.05. The number of hydrogen-bond acceptors (Lipinski definition) is 0. The quantitative estimate of drug-likeness (QED) is 0.126. The molecule has 0 heterocycles. The van der Waals surface area contributed by atoms with Crippen molar-refractivity contribution < 1.29 is 4.39 Å². The van der Waals surface area contributed by atoms with Gasteiger partial charge in [0.2, 0.25) is 0 Å². The first-order valence-electron chi connectivity index (χ1n) is 18.7. The monoisotopic (exact) mass is 680 g/mol. The van der Waals surface area contributed by atoms with Crippen LogP contribution in [0.1, 0.15) is 49.9 Å². The summed E-state index contributed by atoms with van der Waals surface area (Å²) in [4.78, 5) is 0. The molecule has 9 aromatic carbocycles. The second-order valence-corrected chi connectivity index (χ2v) is 16.1. The zero-order chi connectivity index (χ0) is 35.8. The van der Waals surface area contributed by atoms with Crippen LogP contribution in [0.4, 0.5) is 4.39 Å². The highest BCUT2D eigenvalue weighted by molar-refractivity contribution is 6.36. The first-order chi connectivity index (χ1) is 25.7. The van der Waals surface area contributed by atoms with Crippen molar-refractivity contribution in [3.8, 4) is 44.5 Å². The molecular weight excluding hydrogens is 644 g/mol. The van der Waals surface area contributed by atoms with E-state index in [4.69, 9.17) is 0 Å². The summed E-state index contributed by atoms with van der Waals surface area (Å²) in [7, 11) is 0. The lowest BCUT2D eigenvalue weighted by Gasteiger charge is -2.25. The molecule has 0 aromatic heterocycles.